The summed E-state index contributed by atoms with van der Waals surface area (Å²) in [6.45, 7) is 7.30. The summed E-state index contributed by atoms with van der Waals surface area (Å²) in [5.41, 5.74) is 0.0162. The summed E-state index contributed by atoms with van der Waals surface area (Å²) in [6, 6.07) is 3.08. The van der Waals surface area contributed by atoms with Crippen LogP contribution in [0.5, 0.6) is 0 Å². The van der Waals surface area contributed by atoms with Crippen molar-refractivity contribution < 1.29 is 4.92 Å². The average Bonchev–Trinajstić information content (AvgIpc) is 2.26. The lowest BCUT2D eigenvalue weighted by atomic mass is 9.98. The largest absolute Gasteiger partial charge is 0.370 e. The molecule has 5 heteroatoms. The topological polar surface area (TPSA) is 68.1 Å². The van der Waals surface area contributed by atoms with Crippen molar-refractivity contribution in [3.8, 4) is 0 Å². The van der Waals surface area contributed by atoms with Crippen molar-refractivity contribution in [3.05, 3.63) is 28.4 Å². The molecule has 1 aromatic rings. The molecule has 0 aliphatic heterocycles. The predicted molar refractivity (Wildman–Crippen MR) is 63.4 cm³/mol. The number of hydrogen-bond donors (Lipinski definition) is 1. The van der Waals surface area contributed by atoms with Gasteiger partial charge in [-0.05, 0) is 17.9 Å². The fraction of sp³-hybridized carbons (Fsp3) is 0.545. The van der Waals surface area contributed by atoms with Crippen molar-refractivity contribution in [3.63, 3.8) is 0 Å². The molecule has 0 amide bonds. The van der Waals surface area contributed by atoms with Gasteiger partial charge in [0.05, 0.1) is 4.92 Å². The van der Waals surface area contributed by atoms with Gasteiger partial charge in [0, 0.05) is 12.6 Å². The highest BCUT2D eigenvalue weighted by Gasteiger charge is 2.08. The first kappa shape index (κ1) is 12.4. The lowest BCUT2D eigenvalue weighted by molar-refractivity contribution is -0.385. The maximum Gasteiger partial charge on any atom is 0.287 e. The highest BCUT2D eigenvalue weighted by atomic mass is 16.6. The summed E-state index contributed by atoms with van der Waals surface area (Å²) < 4.78 is 0. The molecule has 0 saturated carbocycles. The van der Waals surface area contributed by atoms with Crippen molar-refractivity contribution in [1.29, 1.82) is 0 Å². The summed E-state index contributed by atoms with van der Waals surface area (Å²) in [4.78, 5) is 13.9. The first-order chi connectivity index (χ1) is 7.50. The Hall–Kier alpha value is -1.65. The Balaban J connectivity index is 2.53. The second kappa shape index (κ2) is 5.44. The third-order valence-electron chi connectivity index (χ3n) is 2.70. The molecule has 0 aliphatic carbocycles. The smallest absolute Gasteiger partial charge is 0.287 e. The fourth-order valence-corrected chi connectivity index (χ4v) is 1.10. The van der Waals surface area contributed by atoms with Crippen molar-refractivity contribution in [2.75, 3.05) is 11.9 Å². The van der Waals surface area contributed by atoms with Gasteiger partial charge in [-0.3, -0.25) is 10.1 Å². The van der Waals surface area contributed by atoms with Gasteiger partial charge < -0.3 is 5.32 Å². The number of pyridine rings is 1. The molecule has 16 heavy (non-hydrogen) atoms. The molecule has 0 aliphatic rings. The summed E-state index contributed by atoms with van der Waals surface area (Å²) in [6.07, 6.45) is 1.27. The third kappa shape index (κ3) is 3.49. The molecule has 0 saturated heterocycles. The van der Waals surface area contributed by atoms with Gasteiger partial charge in [0.1, 0.15) is 12.0 Å². The Labute approximate surface area is 95.0 Å². The van der Waals surface area contributed by atoms with Crippen LogP contribution in [0.1, 0.15) is 20.8 Å². The van der Waals surface area contributed by atoms with E-state index in [1.165, 1.54) is 12.3 Å². The van der Waals surface area contributed by atoms with Crippen LogP contribution in [0.3, 0.4) is 0 Å². The van der Waals surface area contributed by atoms with Gasteiger partial charge in [-0.1, -0.05) is 20.8 Å². The molecule has 1 N–H and O–H groups in total. The van der Waals surface area contributed by atoms with Crippen molar-refractivity contribution >= 4 is 11.5 Å². The highest BCUT2D eigenvalue weighted by molar-refractivity contribution is 5.40. The summed E-state index contributed by atoms with van der Waals surface area (Å²) in [5, 5.41) is 13.6. The van der Waals surface area contributed by atoms with Crippen LogP contribution < -0.4 is 5.32 Å². The van der Waals surface area contributed by atoms with Crippen LogP contribution in [0.2, 0.25) is 0 Å². The Morgan fingerprint density at radius 2 is 2.12 bits per heavy atom. The van der Waals surface area contributed by atoms with Crippen LogP contribution in [-0.2, 0) is 0 Å². The number of nitro groups is 1. The van der Waals surface area contributed by atoms with Crippen LogP contribution in [0.4, 0.5) is 11.5 Å². The molecule has 1 atom stereocenters. The maximum absolute atomic E-state index is 10.4. The molecule has 0 radical (unpaired) electrons. The summed E-state index contributed by atoms with van der Waals surface area (Å²) in [7, 11) is 0. The van der Waals surface area contributed by atoms with Crippen LogP contribution in [0.25, 0.3) is 0 Å². The number of nitrogens with one attached hydrogen (secondary N) is 1. The van der Waals surface area contributed by atoms with Gasteiger partial charge in [0.25, 0.3) is 5.69 Å². The summed E-state index contributed by atoms with van der Waals surface area (Å²) >= 11 is 0. The van der Waals surface area contributed by atoms with E-state index in [0.717, 1.165) is 6.54 Å². The molecule has 88 valence electrons. The van der Waals surface area contributed by atoms with Crippen molar-refractivity contribution in [1.82, 2.24) is 4.98 Å². The van der Waals surface area contributed by atoms with Gasteiger partial charge in [0.2, 0.25) is 0 Å². The predicted octanol–water partition coefficient (Wildman–Crippen LogP) is 2.69. The molecule has 1 rings (SSSR count). The molecule has 0 fully saturated rings. The average molecular weight is 223 g/mol. The van der Waals surface area contributed by atoms with Gasteiger partial charge >= 0.3 is 0 Å². The third-order valence-corrected chi connectivity index (χ3v) is 2.70. The van der Waals surface area contributed by atoms with E-state index in [2.05, 4.69) is 31.1 Å². The monoisotopic (exact) mass is 223 g/mol. The SMILES string of the molecule is CC(C)C(C)CNc1ccc([N+](=O)[O-])cn1. The first-order valence-electron chi connectivity index (χ1n) is 5.35. The van der Waals surface area contributed by atoms with Gasteiger partial charge in [-0.25, -0.2) is 4.98 Å². The minimum absolute atomic E-state index is 0.0162. The zero-order chi connectivity index (χ0) is 12.1. The minimum Gasteiger partial charge on any atom is -0.370 e. The van der Waals surface area contributed by atoms with Gasteiger partial charge in [0.15, 0.2) is 0 Å². The fourth-order valence-electron chi connectivity index (χ4n) is 1.10. The van der Waals surface area contributed by atoms with Gasteiger partial charge in [-0.15, -0.1) is 0 Å². The molecule has 1 unspecified atom stereocenters. The number of nitrogens with zero attached hydrogens (tertiary/aromatic N) is 2. The second-order valence-electron chi connectivity index (χ2n) is 4.26. The zero-order valence-corrected chi connectivity index (χ0v) is 9.80. The maximum atomic E-state index is 10.4. The molecule has 1 aromatic heterocycles. The Kier molecular flexibility index (Phi) is 4.22. The van der Waals surface area contributed by atoms with E-state index in [9.17, 15) is 10.1 Å². The molecule has 1 heterocycles. The van der Waals surface area contributed by atoms with E-state index in [1.54, 1.807) is 6.07 Å². The van der Waals surface area contributed by atoms with Crippen molar-refractivity contribution in [2.24, 2.45) is 11.8 Å². The normalized spacial score (nSPS) is 12.5. The minimum atomic E-state index is -0.451. The molecule has 0 spiro atoms. The van der Waals surface area contributed by atoms with E-state index in [1.807, 2.05) is 0 Å². The second-order valence-corrected chi connectivity index (χ2v) is 4.26. The van der Waals surface area contributed by atoms with E-state index in [-0.39, 0.29) is 5.69 Å². The number of aromatic nitrogens is 1. The zero-order valence-electron chi connectivity index (χ0n) is 9.80. The highest BCUT2D eigenvalue weighted by Crippen LogP contribution is 2.14. The molecular weight excluding hydrogens is 206 g/mol. The number of rotatable bonds is 5. The van der Waals surface area contributed by atoms with Crippen molar-refractivity contribution in [2.45, 2.75) is 20.8 Å². The van der Waals surface area contributed by atoms with E-state index in [0.29, 0.717) is 17.7 Å². The standard InChI is InChI=1S/C11H17N3O2/c1-8(2)9(3)6-12-11-5-4-10(7-13-11)14(15)16/h4-5,7-9H,6H2,1-3H3,(H,12,13). The van der Waals surface area contributed by atoms with Crippen LogP contribution in [-0.4, -0.2) is 16.5 Å². The molecule has 0 bridgehead atoms. The van der Waals surface area contributed by atoms with E-state index in [4.69, 9.17) is 0 Å². The Bertz CT molecular complexity index is 349. The van der Waals surface area contributed by atoms with Crippen LogP contribution >= 0.6 is 0 Å². The van der Waals surface area contributed by atoms with E-state index >= 15 is 0 Å². The van der Waals surface area contributed by atoms with Crippen LogP contribution in [0.15, 0.2) is 18.3 Å². The Morgan fingerprint density at radius 3 is 2.56 bits per heavy atom. The molecular formula is C11H17N3O2. The molecule has 5 nitrogen and oxygen atoms in total. The quantitative estimate of drug-likeness (QED) is 0.615. The number of hydrogen-bond acceptors (Lipinski definition) is 4. The molecule has 0 aromatic carbocycles. The first-order valence-corrected chi connectivity index (χ1v) is 5.35. The lowest BCUT2D eigenvalue weighted by Crippen LogP contribution is -2.16. The lowest BCUT2D eigenvalue weighted by Gasteiger charge is -2.16. The number of anilines is 1. The Morgan fingerprint density at radius 1 is 1.44 bits per heavy atom. The van der Waals surface area contributed by atoms with E-state index < -0.39 is 4.92 Å². The van der Waals surface area contributed by atoms with Gasteiger partial charge in [-0.2, -0.15) is 0 Å². The van der Waals surface area contributed by atoms with Crippen LogP contribution in [0, 0.1) is 22.0 Å². The summed E-state index contributed by atoms with van der Waals surface area (Å²) in [5.74, 6) is 1.82.